The normalized spacial score (nSPS) is 19.6. The highest BCUT2D eigenvalue weighted by Gasteiger charge is 2.28. The average molecular weight is 379 g/mol. The lowest BCUT2D eigenvalue weighted by molar-refractivity contribution is -0.143. The standard InChI is InChI=1S/C22H25N3O3/c1-24(14-15-6-3-2-4-7-15)18-8-5-9-19-20(18)23-22(28)25(19)17-12-10-16(11-13-17)21(26)27/h2-9,16-17H,10-14H2,1H3,(H,23,28)(H,26,27)/t16-,17+. The Bertz CT molecular complexity index is 1030. The Morgan fingerprint density at radius 3 is 2.50 bits per heavy atom. The predicted octanol–water partition coefficient (Wildman–Crippen LogP) is 3.78. The zero-order valence-electron chi connectivity index (χ0n) is 16.0. The Morgan fingerprint density at radius 1 is 1.11 bits per heavy atom. The minimum Gasteiger partial charge on any atom is -0.481 e. The Kier molecular flexibility index (Phi) is 4.94. The van der Waals surface area contributed by atoms with Gasteiger partial charge in [0.2, 0.25) is 0 Å². The molecule has 6 nitrogen and oxygen atoms in total. The molecule has 146 valence electrons. The molecule has 2 aromatic carbocycles. The minimum atomic E-state index is -0.727. The summed E-state index contributed by atoms with van der Waals surface area (Å²) in [6.45, 7) is 0.747. The van der Waals surface area contributed by atoms with Crippen LogP contribution in [-0.2, 0) is 11.3 Å². The van der Waals surface area contributed by atoms with Crippen LogP contribution in [0.25, 0.3) is 11.0 Å². The van der Waals surface area contributed by atoms with E-state index in [0.717, 1.165) is 23.3 Å². The first kappa shape index (κ1) is 18.3. The smallest absolute Gasteiger partial charge is 0.326 e. The van der Waals surface area contributed by atoms with Crippen LogP contribution in [0, 0.1) is 5.92 Å². The molecule has 0 saturated heterocycles. The number of hydrogen-bond acceptors (Lipinski definition) is 3. The van der Waals surface area contributed by atoms with Crippen molar-refractivity contribution < 1.29 is 9.90 Å². The first-order valence-corrected chi connectivity index (χ1v) is 9.75. The van der Waals surface area contributed by atoms with E-state index in [1.807, 2.05) is 48.0 Å². The van der Waals surface area contributed by atoms with Crippen molar-refractivity contribution in [2.75, 3.05) is 11.9 Å². The van der Waals surface area contributed by atoms with Crippen LogP contribution >= 0.6 is 0 Å². The monoisotopic (exact) mass is 379 g/mol. The van der Waals surface area contributed by atoms with Crippen LogP contribution in [0.4, 0.5) is 5.69 Å². The maximum absolute atomic E-state index is 12.8. The van der Waals surface area contributed by atoms with Gasteiger partial charge in [0.1, 0.15) is 0 Å². The zero-order chi connectivity index (χ0) is 19.7. The molecule has 2 N–H and O–H groups in total. The number of para-hydroxylation sites is 1. The average Bonchev–Trinajstić information content (AvgIpc) is 3.04. The van der Waals surface area contributed by atoms with E-state index in [1.54, 1.807) is 0 Å². The Hall–Kier alpha value is -3.02. The van der Waals surface area contributed by atoms with Crippen molar-refractivity contribution in [1.29, 1.82) is 0 Å². The summed E-state index contributed by atoms with van der Waals surface area (Å²) in [6, 6.07) is 16.2. The van der Waals surface area contributed by atoms with E-state index in [0.29, 0.717) is 25.7 Å². The number of benzene rings is 2. The molecule has 6 heteroatoms. The first-order valence-electron chi connectivity index (χ1n) is 9.75. The molecule has 1 aliphatic carbocycles. The van der Waals surface area contributed by atoms with Crippen molar-refractivity contribution in [3.63, 3.8) is 0 Å². The van der Waals surface area contributed by atoms with Crippen LogP contribution in [0.5, 0.6) is 0 Å². The fraction of sp³-hybridized carbons (Fsp3) is 0.364. The van der Waals surface area contributed by atoms with Gasteiger partial charge in [0.15, 0.2) is 0 Å². The lowest BCUT2D eigenvalue weighted by atomic mass is 9.86. The minimum absolute atomic E-state index is 0.0477. The molecule has 28 heavy (non-hydrogen) atoms. The number of anilines is 1. The SMILES string of the molecule is CN(Cc1ccccc1)c1cccc2c1[nH]c(=O)n2[C@H]1CC[C@@H](C(=O)O)CC1. The highest BCUT2D eigenvalue weighted by molar-refractivity contribution is 5.89. The summed E-state index contributed by atoms with van der Waals surface area (Å²) < 4.78 is 1.83. The number of aromatic nitrogens is 2. The van der Waals surface area contributed by atoms with Gasteiger partial charge in [-0.3, -0.25) is 9.36 Å². The highest BCUT2D eigenvalue weighted by Crippen LogP contribution is 2.34. The fourth-order valence-electron chi connectivity index (χ4n) is 4.34. The summed E-state index contributed by atoms with van der Waals surface area (Å²) in [5.41, 5.74) is 3.80. The second kappa shape index (κ2) is 7.54. The molecule has 1 saturated carbocycles. The van der Waals surface area contributed by atoms with Crippen LogP contribution in [0.15, 0.2) is 53.3 Å². The summed E-state index contributed by atoms with van der Waals surface area (Å²) in [7, 11) is 2.02. The third-order valence-electron chi connectivity index (χ3n) is 5.82. The number of carboxylic acids is 1. The number of nitrogens with zero attached hydrogens (tertiary/aromatic N) is 2. The largest absolute Gasteiger partial charge is 0.481 e. The van der Waals surface area contributed by atoms with Crippen molar-refractivity contribution in [3.05, 3.63) is 64.6 Å². The van der Waals surface area contributed by atoms with E-state index in [2.05, 4.69) is 22.0 Å². The molecule has 3 aromatic rings. The molecule has 0 atom stereocenters. The number of fused-ring (bicyclic) bond motifs is 1. The first-order chi connectivity index (χ1) is 13.5. The van der Waals surface area contributed by atoms with E-state index in [1.165, 1.54) is 5.56 Å². The van der Waals surface area contributed by atoms with E-state index < -0.39 is 5.97 Å². The number of H-pyrrole nitrogens is 1. The maximum Gasteiger partial charge on any atom is 0.326 e. The molecule has 0 unspecified atom stereocenters. The Balaban J connectivity index is 1.64. The third-order valence-corrected chi connectivity index (χ3v) is 5.82. The molecule has 0 spiro atoms. The van der Waals surface area contributed by atoms with Gasteiger partial charge in [-0.25, -0.2) is 4.79 Å². The molecule has 0 bridgehead atoms. The quantitative estimate of drug-likeness (QED) is 0.707. The lowest BCUT2D eigenvalue weighted by Crippen LogP contribution is -2.28. The summed E-state index contributed by atoms with van der Waals surface area (Å²) in [4.78, 5) is 29.2. The van der Waals surface area contributed by atoms with E-state index in [4.69, 9.17) is 0 Å². The summed E-state index contributed by atoms with van der Waals surface area (Å²) in [6.07, 6.45) is 2.67. The third kappa shape index (κ3) is 3.42. The van der Waals surface area contributed by atoms with Crippen molar-refractivity contribution in [3.8, 4) is 0 Å². The van der Waals surface area contributed by atoms with Crippen molar-refractivity contribution in [1.82, 2.24) is 9.55 Å². The number of carbonyl (C=O) groups is 1. The van der Waals surface area contributed by atoms with Crippen molar-refractivity contribution in [2.24, 2.45) is 5.92 Å². The summed E-state index contributed by atoms with van der Waals surface area (Å²) in [5.74, 6) is -1.01. The number of imidazole rings is 1. The van der Waals surface area contributed by atoms with Gasteiger partial charge >= 0.3 is 11.7 Å². The molecule has 1 aromatic heterocycles. The second-order valence-corrected chi connectivity index (χ2v) is 7.66. The number of aliphatic carboxylic acids is 1. The zero-order valence-corrected chi connectivity index (χ0v) is 16.0. The molecule has 0 amide bonds. The van der Waals surface area contributed by atoms with Gasteiger partial charge in [-0.1, -0.05) is 36.4 Å². The molecule has 4 rings (SSSR count). The Labute approximate surface area is 163 Å². The molecule has 0 radical (unpaired) electrons. The highest BCUT2D eigenvalue weighted by atomic mass is 16.4. The van der Waals surface area contributed by atoms with Crippen LogP contribution < -0.4 is 10.6 Å². The van der Waals surface area contributed by atoms with Gasteiger partial charge < -0.3 is 15.0 Å². The van der Waals surface area contributed by atoms with Gasteiger partial charge in [-0.05, 0) is 43.4 Å². The number of hydrogen-bond donors (Lipinski definition) is 2. The number of rotatable bonds is 5. The Morgan fingerprint density at radius 2 is 1.82 bits per heavy atom. The van der Waals surface area contributed by atoms with Gasteiger partial charge in [0.25, 0.3) is 0 Å². The van der Waals surface area contributed by atoms with Crippen molar-refractivity contribution in [2.45, 2.75) is 38.3 Å². The van der Waals surface area contributed by atoms with E-state index >= 15 is 0 Å². The number of carboxylic acid groups (broad SMARTS) is 1. The maximum atomic E-state index is 12.8. The molecule has 1 fully saturated rings. The van der Waals surface area contributed by atoms with Crippen molar-refractivity contribution >= 4 is 22.7 Å². The van der Waals surface area contributed by atoms with Gasteiger partial charge in [-0.2, -0.15) is 0 Å². The number of nitrogens with one attached hydrogen (secondary N) is 1. The second-order valence-electron chi connectivity index (χ2n) is 7.66. The van der Waals surface area contributed by atoms with E-state index in [-0.39, 0.29) is 17.6 Å². The predicted molar refractivity (Wildman–Crippen MR) is 110 cm³/mol. The molecule has 1 aliphatic rings. The lowest BCUT2D eigenvalue weighted by Gasteiger charge is -2.27. The van der Waals surface area contributed by atoms with Gasteiger partial charge in [0.05, 0.1) is 22.6 Å². The molecular weight excluding hydrogens is 354 g/mol. The van der Waals surface area contributed by atoms with Gasteiger partial charge in [0, 0.05) is 19.6 Å². The fourth-order valence-corrected chi connectivity index (χ4v) is 4.34. The van der Waals surface area contributed by atoms with Crippen LogP contribution in [-0.4, -0.2) is 27.7 Å². The van der Waals surface area contributed by atoms with E-state index in [9.17, 15) is 14.7 Å². The molecule has 1 heterocycles. The summed E-state index contributed by atoms with van der Waals surface area (Å²) >= 11 is 0. The molecular formula is C22H25N3O3. The van der Waals surface area contributed by atoms with Crippen LogP contribution in [0.2, 0.25) is 0 Å². The van der Waals surface area contributed by atoms with Crippen LogP contribution in [0.1, 0.15) is 37.3 Å². The number of aromatic amines is 1. The van der Waals surface area contributed by atoms with Gasteiger partial charge in [-0.15, -0.1) is 0 Å². The topological polar surface area (TPSA) is 78.3 Å². The summed E-state index contributed by atoms with van der Waals surface area (Å²) in [5, 5.41) is 9.22. The van der Waals surface area contributed by atoms with Crippen LogP contribution in [0.3, 0.4) is 0 Å². The molecule has 0 aliphatic heterocycles.